The molecule has 0 aliphatic carbocycles. The number of aromatic nitrogens is 2. The zero-order valence-corrected chi connectivity index (χ0v) is 14.0. The minimum Gasteiger partial charge on any atom is -0.406 e. The van der Waals surface area contributed by atoms with Gasteiger partial charge in [0.15, 0.2) is 5.82 Å². The minimum absolute atomic E-state index is 0.153. The van der Waals surface area contributed by atoms with E-state index in [-0.39, 0.29) is 17.6 Å². The normalized spacial score (nSPS) is 11.8. The standard InChI is InChI=1S/C18H16F3N3O2/c1-10(2)17(25)22-16-14-7-6-12(9-15(14)23-24-16)11-4-3-5-13(8-11)26-18(19,20)21/h3-10H,1-2H3,(H2,22,23,24,25). The van der Waals surface area contributed by atoms with E-state index in [1.54, 1.807) is 38.1 Å². The molecule has 2 N–H and O–H groups in total. The van der Waals surface area contributed by atoms with Gasteiger partial charge >= 0.3 is 6.36 Å². The first-order chi connectivity index (χ1) is 12.2. The number of amides is 1. The van der Waals surface area contributed by atoms with Gasteiger partial charge in [-0.15, -0.1) is 13.2 Å². The number of carbonyl (C=O) groups excluding carboxylic acids is 1. The lowest BCUT2D eigenvalue weighted by Crippen LogP contribution is -2.18. The molecule has 0 unspecified atom stereocenters. The molecule has 0 fully saturated rings. The summed E-state index contributed by atoms with van der Waals surface area (Å²) in [5, 5.41) is 10.4. The van der Waals surface area contributed by atoms with E-state index in [1.807, 2.05) is 0 Å². The lowest BCUT2D eigenvalue weighted by molar-refractivity contribution is -0.274. The lowest BCUT2D eigenvalue weighted by atomic mass is 10.0. The number of halogens is 3. The molecular weight excluding hydrogens is 347 g/mol. The molecule has 0 atom stereocenters. The Morgan fingerprint density at radius 2 is 1.88 bits per heavy atom. The van der Waals surface area contributed by atoms with E-state index < -0.39 is 6.36 Å². The first kappa shape index (κ1) is 17.8. The number of ether oxygens (including phenoxy) is 1. The monoisotopic (exact) mass is 363 g/mol. The topological polar surface area (TPSA) is 67.0 Å². The van der Waals surface area contributed by atoms with Crippen molar-refractivity contribution in [3.63, 3.8) is 0 Å². The number of anilines is 1. The van der Waals surface area contributed by atoms with Crippen LogP contribution in [0.1, 0.15) is 13.8 Å². The summed E-state index contributed by atoms with van der Waals surface area (Å²) in [4.78, 5) is 11.8. The predicted octanol–water partition coefficient (Wildman–Crippen LogP) is 4.72. The molecule has 5 nitrogen and oxygen atoms in total. The van der Waals surface area contributed by atoms with Crippen LogP contribution in [0, 0.1) is 5.92 Å². The van der Waals surface area contributed by atoms with Crippen LogP contribution in [0.2, 0.25) is 0 Å². The number of hydrogen-bond acceptors (Lipinski definition) is 3. The lowest BCUT2D eigenvalue weighted by Gasteiger charge is -2.10. The predicted molar refractivity (Wildman–Crippen MR) is 91.7 cm³/mol. The van der Waals surface area contributed by atoms with Crippen LogP contribution in [0.15, 0.2) is 42.5 Å². The largest absolute Gasteiger partial charge is 0.573 e. The highest BCUT2D eigenvalue weighted by molar-refractivity contribution is 6.01. The van der Waals surface area contributed by atoms with Crippen molar-refractivity contribution in [3.05, 3.63) is 42.5 Å². The molecule has 136 valence electrons. The second-order valence-electron chi connectivity index (χ2n) is 6.05. The smallest absolute Gasteiger partial charge is 0.406 e. The summed E-state index contributed by atoms with van der Waals surface area (Å²) in [6.07, 6.45) is -4.74. The van der Waals surface area contributed by atoms with Gasteiger partial charge in [-0.1, -0.05) is 32.0 Å². The molecule has 3 aromatic rings. The van der Waals surface area contributed by atoms with Gasteiger partial charge in [-0.05, 0) is 35.4 Å². The van der Waals surface area contributed by atoms with E-state index in [2.05, 4.69) is 20.3 Å². The maximum Gasteiger partial charge on any atom is 0.573 e. The third-order valence-electron chi connectivity index (χ3n) is 3.73. The molecule has 8 heteroatoms. The number of rotatable bonds is 4. The number of nitrogens with one attached hydrogen (secondary N) is 2. The van der Waals surface area contributed by atoms with Gasteiger partial charge in [0, 0.05) is 11.3 Å². The molecular formula is C18H16F3N3O2. The van der Waals surface area contributed by atoms with E-state index in [0.29, 0.717) is 27.8 Å². The minimum atomic E-state index is -4.74. The van der Waals surface area contributed by atoms with Crippen molar-refractivity contribution < 1.29 is 22.7 Å². The van der Waals surface area contributed by atoms with Gasteiger partial charge in [-0.25, -0.2) is 0 Å². The maximum atomic E-state index is 12.4. The molecule has 26 heavy (non-hydrogen) atoms. The highest BCUT2D eigenvalue weighted by atomic mass is 19.4. The quantitative estimate of drug-likeness (QED) is 0.705. The summed E-state index contributed by atoms with van der Waals surface area (Å²) in [7, 11) is 0. The molecule has 2 aromatic carbocycles. The van der Waals surface area contributed by atoms with Crippen LogP contribution in [-0.4, -0.2) is 22.5 Å². The van der Waals surface area contributed by atoms with Crippen molar-refractivity contribution in [1.29, 1.82) is 0 Å². The second kappa shape index (κ2) is 6.70. The molecule has 0 saturated heterocycles. The summed E-state index contributed by atoms with van der Waals surface area (Å²) in [6, 6.07) is 11.0. The van der Waals surface area contributed by atoms with E-state index >= 15 is 0 Å². The molecule has 1 aromatic heterocycles. The fraction of sp³-hybridized carbons (Fsp3) is 0.222. The van der Waals surface area contributed by atoms with Gasteiger partial charge in [0.1, 0.15) is 5.75 Å². The summed E-state index contributed by atoms with van der Waals surface area (Å²) in [6.45, 7) is 3.55. The second-order valence-corrected chi connectivity index (χ2v) is 6.05. The zero-order chi connectivity index (χ0) is 18.9. The molecule has 0 spiro atoms. The molecule has 0 radical (unpaired) electrons. The highest BCUT2D eigenvalue weighted by Crippen LogP contribution is 2.31. The zero-order valence-electron chi connectivity index (χ0n) is 14.0. The van der Waals surface area contributed by atoms with E-state index in [1.165, 1.54) is 18.2 Å². The number of benzene rings is 2. The third kappa shape index (κ3) is 3.96. The average molecular weight is 363 g/mol. The number of hydrogen-bond donors (Lipinski definition) is 2. The molecule has 1 amide bonds. The molecule has 0 saturated carbocycles. The Morgan fingerprint density at radius 1 is 1.15 bits per heavy atom. The van der Waals surface area contributed by atoms with Crippen LogP contribution in [-0.2, 0) is 4.79 Å². The highest BCUT2D eigenvalue weighted by Gasteiger charge is 2.31. The summed E-state index contributed by atoms with van der Waals surface area (Å²) in [5.41, 5.74) is 1.91. The third-order valence-corrected chi connectivity index (χ3v) is 3.73. The van der Waals surface area contributed by atoms with Gasteiger partial charge in [-0.3, -0.25) is 9.89 Å². The Labute approximate surface area is 147 Å². The molecule has 0 aliphatic rings. The number of nitrogens with zero attached hydrogens (tertiary/aromatic N) is 1. The SMILES string of the molecule is CC(C)C(=O)Nc1n[nH]c2cc(-c3cccc(OC(F)(F)F)c3)ccc12. The summed E-state index contributed by atoms with van der Waals surface area (Å²) < 4.78 is 41.1. The number of aromatic amines is 1. The molecule has 0 aliphatic heterocycles. The van der Waals surface area contributed by atoms with Crippen LogP contribution in [0.5, 0.6) is 5.75 Å². The number of carbonyl (C=O) groups is 1. The van der Waals surface area contributed by atoms with Crippen LogP contribution in [0.4, 0.5) is 19.0 Å². The average Bonchev–Trinajstić information content (AvgIpc) is 2.95. The van der Waals surface area contributed by atoms with Gasteiger partial charge in [0.05, 0.1) is 5.52 Å². The molecule has 1 heterocycles. The Kier molecular flexibility index (Phi) is 4.58. The van der Waals surface area contributed by atoms with Crippen molar-refractivity contribution in [2.24, 2.45) is 5.92 Å². The molecule has 0 bridgehead atoms. The Hall–Kier alpha value is -3.03. The Bertz CT molecular complexity index is 948. The van der Waals surface area contributed by atoms with Crippen molar-refractivity contribution in [3.8, 4) is 16.9 Å². The van der Waals surface area contributed by atoms with Crippen LogP contribution in [0.25, 0.3) is 22.0 Å². The summed E-state index contributed by atoms with van der Waals surface area (Å²) in [5.74, 6) is -0.208. The summed E-state index contributed by atoms with van der Waals surface area (Å²) >= 11 is 0. The fourth-order valence-electron chi connectivity index (χ4n) is 2.43. The Morgan fingerprint density at radius 3 is 2.58 bits per heavy atom. The number of H-pyrrole nitrogens is 1. The van der Waals surface area contributed by atoms with Gasteiger partial charge in [-0.2, -0.15) is 5.10 Å². The van der Waals surface area contributed by atoms with Gasteiger partial charge in [0.2, 0.25) is 5.91 Å². The van der Waals surface area contributed by atoms with E-state index in [0.717, 1.165) is 0 Å². The van der Waals surface area contributed by atoms with Crippen molar-refractivity contribution >= 4 is 22.6 Å². The first-order valence-corrected chi connectivity index (χ1v) is 7.88. The van der Waals surface area contributed by atoms with Crippen molar-refractivity contribution in [2.45, 2.75) is 20.2 Å². The van der Waals surface area contributed by atoms with E-state index in [9.17, 15) is 18.0 Å². The molecule has 3 rings (SSSR count). The Balaban J connectivity index is 1.91. The number of alkyl halides is 3. The van der Waals surface area contributed by atoms with Crippen LogP contribution in [0.3, 0.4) is 0 Å². The van der Waals surface area contributed by atoms with Gasteiger partial charge in [0.25, 0.3) is 0 Å². The van der Waals surface area contributed by atoms with Crippen LogP contribution < -0.4 is 10.1 Å². The number of fused-ring (bicyclic) bond motifs is 1. The van der Waals surface area contributed by atoms with Crippen molar-refractivity contribution in [1.82, 2.24) is 10.2 Å². The maximum absolute atomic E-state index is 12.4. The van der Waals surface area contributed by atoms with Crippen molar-refractivity contribution in [2.75, 3.05) is 5.32 Å². The van der Waals surface area contributed by atoms with Gasteiger partial charge < -0.3 is 10.1 Å². The fourth-order valence-corrected chi connectivity index (χ4v) is 2.43. The van der Waals surface area contributed by atoms with Crippen LogP contribution >= 0.6 is 0 Å². The van der Waals surface area contributed by atoms with E-state index in [4.69, 9.17) is 0 Å². The first-order valence-electron chi connectivity index (χ1n) is 7.88.